The lowest BCUT2D eigenvalue weighted by Gasteiger charge is -2.19. The molecule has 0 aliphatic carbocycles. The van der Waals surface area contributed by atoms with Crippen molar-refractivity contribution < 1.29 is 27.0 Å². The summed E-state index contributed by atoms with van der Waals surface area (Å²) in [5.41, 5.74) is 0.918. The van der Waals surface area contributed by atoms with Gasteiger partial charge >= 0.3 is 0 Å². The van der Waals surface area contributed by atoms with Gasteiger partial charge in [-0.1, -0.05) is 6.07 Å². The first-order valence-corrected chi connectivity index (χ1v) is 12.5. The first-order valence-electron chi connectivity index (χ1n) is 10.9. The molecule has 37 heavy (non-hydrogen) atoms. The summed E-state index contributed by atoms with van der Waals surface area (Å²) in [5, 5.41) is 7.39. The van der Waals surface area contributed by atoms with Crippen LogP contribution in [0.3, 0.4) is 0 Å². The molecular weight excluding hydrogens is 505 g/mol. The normalized spacial score (nSPS) is 12.1. The van der Waals surface area contributed by atoms with Crippen LogP contribution in [0.5, 0.6) is 17.4 Å². The van der Waals surface area contributed by atoms with Crippen molar-refractivity contribution in [2.24, 2.45) is 0 Å². The molecule has 0 amide bonds. The highest BCUT2D eigenvalue weighted by molar-refractivity contribution is 7.93. The van der Waals surface area contributed by atoms with Crippen molar-refractivity contribution >= 4 is 16.0 Å². The maximum atomic E-state index is 13.3. The Labute approximate surface area is 212 Å². The minimum Gasteiger partial charge on any atom is -0.494 e. The lowest BCUT2D eigenvalue weighted by atomic mass is 10.2. The van der Waals surface area contributed by atoms with E-state index in [0.29, 0.717) is 28.6 Å². The van der Waals surface area contributed by atoms with E-state index in [1.54, 1.807) is 30.3 Å². The van der Waals surface area contributed by atoms with Gasteiger partial charge in [0.2, 0.25) is 21.9 Å². The molecule has 0 aliphatic rings. The second-order valence-corrected chi connectivity index (χ2v) is 9.86. The van der Waals surface area contributed by atoms with Crippen LogP contribution in [0.2, 0.25) is 0 Å². The predicted octanol–water partition coefficient (Wildman–Crippen LogP) is 2.66. The lowest BCUT2D eigenvalue weighted by Crippen LogP contribution is -2.29. The van der Waals surface area contributed by atoms with Gasteiger partial charge in [-0.3, -0.25) is 9.29 Å². The highest BCUT2D eigenvalue weighted by Crippen LogP contribution is 2.38. The molecule has 0 bridgehead atoms. The van der Waals surface area contributed by atoms with Crippen molar-refractivity contribution in [2.75, 3.05) is 26.1 Å². The number of benzene rings is 1. The fourth-order valence-corrected chi connectivity index (χ4v) is 4.46. The number of anilines is 1. The Hall–Kier alpha value is -4.33. The van der Waals surface area contributed by atoms with Gasteiger partial charge in [-0.15, -0.1) is 10.2 Å². The second-order valence-electron chi connectivity index (χ2n) is 7.76. The van der Waals surface area contributed by atoms with Crippen molar-refractivity contribution in [1.82, 2.24) is 29.7 Å². The first kappa shape index (κ1) is 25.8. The van der Waals surface area contributed by atoms with Gasteiger partial charge in [-0.2, -0.15) is 0 Å². The van der Waals surface area contributed by atoms with Crippen molar-refractivity contribution in [1.29, 1.82) is 0 Å². The van der Waals surface area contributed by atoms with Crippen LogP contribution in [0, 0.1) is 5.82 Å². The minimum absolute atomic E-state index is 0.0594. The highest BCUT2D eigenvalue weighted by Gasteiger charge is 2.28. The number of rotatable bonds is 10. The van der Waals surface area contributed by atoms with Crippen LogP contribution in [-0.4, -0.2) is 64.7 Å². The van der Waals surface area contributed by atoms with E-state index in [1.807, 2.05) is 0 Å². The van der Waals surface area contributed by atoms with Gasteiger partial charge in [0.05, 0.1) is 39.0 Å². The van der Waals surface area contributed by atoms with Crippen LogP contribution in [-0.2, 0) is 16.4 Å². The molecule has 4 aromatic rings. The van der Waals surface area contributed by atoms with Gasteiger partial charge in [-0.25, -0.2) is 27.8 Å². The number of nitrogens with zero attached hydrogens (tertiary/aromatic N) is 6. The van der Waals surface area contributed by atoms with E-state index < -0.39 is 21.1 Å². The Bertz CT molecular complexity index is 1470. The zero-order chi connectivity index (χ0) is 26.6. The number of para-hydroxylation sites is 1. The zero-order valence-corrected chi connectivity index (χ0v) is 21.2. The molecule has 0 fully saturated rings. The topological polar surface area (TPSA) is 143 Å². The summed E-state index contributed by atoms with van der Waals surface area (Å²) in [6.45, 7) is 1.48. The number of ether oxygens (including phenoxy) is 3. The number of methoxy groups -OCH3 is 3. The number of sulfonamides is 1. The van der Waals surface area contributed by atoms with Crippen LogP contribution in [0.4, 0.5) is 10.3 Å². The van der Waals surface area contributed by atoms with E-state index in [1.165, 1.54) is 39.0 Å². The highest BCUT2D eigenvalue weighted by atomic mass is 32.2. The summed E-state index contributed by atoms with van der Waals surface area (Å²) in [5.74, 6) is 0.822. The van der Waals surface area contributed by atoms with Crippen molar-refractivity contribution in [3.05, 3.63) is 60.6 Å². The summed E-state index contributed by atoms with van der Waals surface area (Å²) in [6, 6.07) is 8.44. The summed E-state index contributed by atoms with van der Waals surface area (Å²) < 4.78 is 60.1. The minimum atomic E-state index is -4.04. The molecule has 3 aromatic heterocycles. The van der Waals surface area contributed by atoms with Crippen molar-refractivity contribution in [3.8, 4) is 34.5 Å². The Balaban J connectivity index is 1.82. The third-order valence-corrected chi connectivity index (χ3v) is 7.09. The smallest absolute Gasteiger partial charge is 0.243 e. The van der Waals surface area contributed by atoms with Gasteiger partial charge in [0, 0.05) is 24.2 Å². The number of pyridine rings is 1. The molecule has 0 spiro atoms. The van der Waals surface area contributed by atoms with Crippen molar-refractivity contribution in [2.45, 2.75) is 18.6 Å². The molecule has 14 heteroatoms. The molecule has 4 rings (SSSR count). The van der Waals surface area contributed by atoms with Crippen molar-refractivity contribution in [3.63, 3.8) is 0 Å². The fraction of sp³-hybridized carbons (Fsp3) is 0.261. The summed E-state index contributed by atoms with van der Waals surface area (Å²) >= 11 is 0. The first-order chi connectivity index (χ1) is 17.8. The van der Waals surface area contributed by atoms with E-state index in [2.05, 4.69) is 29.9 Å². The molecule has 12 nitrogen and oxygen atoms in total. The van der Waals surface area contributed by atoms with E-state index in [4.69, 9.17) is 14.2 Å². The average Bonchev–Trinajstić information content (AvgIpc) is 3.31. The zero-order valence-electron chi connectivity index (χ0n) is 20.4. The third-order valence-electron chi connectivity index (χ3n) is 5.40. The average molecular weight is 530 g/mol. The molecule has 0 aliphatic heterocycles. The summed E-state index contributed by atoms with van der Waals surface area (Å²) in [4.78, 5) is 11.8. The largest absolute Gasteiger partial charge is 0.494 e. The number of aromatic nitrogens is 6. The van der Waals surface area contributed by atoms with Gasteiger partial charge in [0.1, 0.15) is 23.0 Å². The molecule has 194 valence electrons. The quantitative estimate of drug-likeness (QED) is 0.326. The maximum Gasteiger partial charge on any atom is 0.243 e. The van der Waals surface area contributed by atoms with Gasteiger partial charge in [0.25, 0.3) is 0 Å². The molecular formula is C23H24FN7O5S. The van der Waals surface area contributed by atoms with Gasteiger partial charge in [-0.05, 0) is 25.1 Å². The van der Waals surface area contributed by atoms with E-state index in [-0.39, 0.29) is 24.0 Å². The maximum absolute atomic E-state index is 13.3. The number of hydrogen-bond acceptors (Lipinski definition) is 10. The van der Waals surface area contributed by atoms with E-state index in [9.17, 15) is 12.8 Å². The predicted molar refractivity (Wildman–Crippen MR) is 132 cm³/mol. The number of hydrogen-bond donors (Lipinski definition) is 1. The third kappa shape index (κ3) is 5.43. The summed E-state index contributed by atoms with van der Waals surface area (Å²) in [7, 11) is 0.396. The molecule has 0 saturated carbocycles. The Morgan fingerprint density at radius 3 is 2.30 bits per heavy atom. The Morgan fingerprint density at radius 2 is 1.68 bits per heavy atom. The monoisotopic (exact) mass is 529 g/mol. The van der Waals surface area contributed by atoms with Crippen LogP contribution in [0.1, 0.15) is 12.7 Å². The number of nitrogens with one attached hydrogen (secondary N) is 1. The standard InChI is InChI=1S/C23H24FN7O5S/c1-14(10-19-26-12-16(24)13-27-19)37(32,33)30-23-29-28-22(15-8-9-25-20(11-15)36-4)31(23)21-17(34-2)6-5-7-18(21)35-3/h5-9,11-14H,10H2,1-4H3,(H,29,30)/t14-/m1/s1. The fourth-order valence-electron chi connectivity index (χ4n) is 3.50. The lowest BCUT2D eigenvalue weighted by molar-refractivity contribution is 0.391. The summed E-state index contributed by atoms with van der Waals surface area (Å²) in [6.07, 6.45) is 3.43. The van der Waals surface area contributed by atoms with Gasteiger partial charge < -0.3 is 14.2 Å². The van der Waals surface area contributed by atoms with Crippen LogP contribution in [0.25, 0.3) is 17.1 Å². The van der Waals surface area contributed by atoms with Crippen LogP contribution >= 0.6 is 0 Å². The molecule has 3 heterocycles. The number of halogens is 1. The van der Waals surface area contributed by atoms with Gasteiger partial charge in [0.15, 0.2) is 11.6 Å². The molecule has 0 unspecified atom stereocenters. The Morgan fingerprint density at radius 1 is 1.00 bits per heavy atom. The second kappa shape index (κ2) is 10.7. The van der Waals surface area contributed by atoms with Crippen LogP contribution in [0.15, 0.2) is 48.9 Å². The molecule has 1 N–H and O–H groups in total. The molecule has 1 atom stereocenters. The Kier molecular flexibility index (Phi) is 7.47. The SMILES string of the molecule is COc1cc(-c2nnc(NS(=O)(=O)[C@H](C)Cc3ncc(F)cn3)n2-c2c(OC)cccc2OC)ccn1. The molecule has 0 saturated heterocycles. The van der Waals surface area contributed by atoms with E-state index in [0.717, 1.165) is 12.4 Å². The molecule has 1 aromatic carbocycles. The van der Waals surface area contributed by atoms with Crippen LogP contribution < -0.4 is 18.9 Å². The molecule has 0 radical (unpaired) electrons. The van der Waals surface area contributed by atoms with E-state index >= 15 is 0 Å².